The molecule has 0 rings (SSSR count). The molecule has 0 saturated carbocycles. The Kier molecular flexibility index (Phi) is 18.9. The van der Waals surface area contributed by atoms with Crippen LogP contribution >= 0.6 is 0 Å². The van der Waals surface area contributed by atoms with E-state index in [1.54, 1.807) is 0 Å². The molecule has 0 bridgehead atoms. The summed E-state index contributed by atoms with van der Waals surface area (Å²) in [7, 11) is 0. The minimum absolute atomic E-state index is 0. The van der Waals surface area contributed by atoms with Crippen LogP contribution in [0.25, 0.3) is 5.73 Å². The Hall–Kier alpha value is 2.01. The molecule has 5 heavy (non-hydrogen) atoms. The van der Waals surface area contributed by atoms with E-state index in [-0.39, 0.29) is 68.9 Å². The van der Waals surface area contributed by atoms with Gasteiger partial charge in [-0.25, -0.2) is 0 Å². The maximum atomic E-state index is 6.45. The molecule has 0 aromatic heterocycles. The van der Waals surface area contributed by atoms with E-state index in [2.05, 4.69) is 0 Å². The summed E-state index contributed by atoms with van der Waals surface area (Å²) >= 11 is 0. The second kappa shape index (κ2) is 9.38. The van der Waals surface area contributed by atoms with Crippen molar-refractivity contribution < 1.29 is 68.9 Å². The van der Waals surface area contributed by atoms with Gasteiger partial charge in [-0.15, -0.1) is 0 Å². The number of nitrogens with one attached hydrogen (secondary N) is 1. The van der Waals surface area contributed by atoms with Crippen molar-refractivity contribution in [3.05, 3.63) is 5.73 Å². The molecule has 0 aromatic carbocycles. The topological polar surface area (TPSA) is 23.8 Å². The van der Waals surface area contributed by atoms with Gasteiger partial charge in [0.05, 0.1) is 0 Å². The van der Waals surface area contributed by atoms with Gasteiger partial charge in [0.1, 0.15) is 0 Å². The standard InChI is InChI=1S/C3H8N.Cs/c1-2-3-4;/h4H,2-3H2,1H3;/q-1;+1. The van der Waals surface area contributed by atoms with E-state index in [0.717, 1.165) is 6.42 Å². The smallest absolute Gasteiger partial charge is 0.677 e. The van der Waals surface area contributed by atoms with Crippen molar-refractivity contribution in [2.75, 3.05) is 6.54 Å². The second-order valence-corrected chi connectivity index (χ2v) is 0.750. The number of hydrogen-bond acceptors (Lipinski definition) is 0. The van der Waals surface area contributed by atoms with Gasteiger partial charge in [-0.1, -0.05) is 13.3 Å². The van der Waals surface area contributed by atoms with Crippen molar-refractivity contribution in [3.8, 4) is 0 Å². The maximum absolute atomic E-state index is 6.45. The van der Waals surface area contributed by atoms with Crippen molar-refractivity contribution in [1.29, 1.82) is 0 Å². The molecule has 0 fully saturated rings. The Bertz CT molecular complexity index is 8.85. The van der Waals surface area contributed by atoms with E-state index in [9.17, 15) is 0 Å². The van der Waals surface area contributed by atoms with Gasteiger partial charge in [0.2, 0.25) is 0 Å². The van der Waals surface area contributed by atoms with Crippen molar-refractivity contribution in [2.45, 2.75) is 13.3 Å². The van der Waals surface area contributed by atoms with E-state index in [0.29, 0.717) is 6.54 Å². The van der Waals surface area contributed by atoms with Gasteiger partial charge in [-0.2, -0.15) is 6.54 Å². The zero-order valence-corrected chi connectivity index (χ0v) is 10.2. The third-order valence-electron chi connectivity index (χ3n) is 0.250. The average molecular weight is 191 g/mol. The fourth-order valence-corrected chi connectivity index (χ4v) is 0. The van der Waals surface area contributed by atoms with Crippen LogP contribution < -0.4 is 68.9 Å². The van der Waals surface area contributed by atoms with Crippen LogP contribution in [-0.2, 0) is 0 Å². The Morgan fingerprint density at radius 2 is 1.80 bits per heavy atom. The predicted molar refractivity (Wildman–Crippen MR) is 19.5 cm³/mol. The summed E-state index contributed by atoms with van der Waals surface area (Å²) in [4.78, 5) is 0. The summed E-state index contributed by atoms with van der Waals surface area (Å²) in [5.74, 6) is 0. The van der Waals surface area contributed by atoms with Crippen LogP contribution in [-0.4, -0.2) is 6.54 Å². The number of rotatable bonds is 1. The molecule has 0 radical (unpaired) electrons. The van der Waals surface area contributed by atoms with Crippen LogP contribution in [0.2, 0.25) is 0 Å². The summed E-state index contributed by atoms with van der Waals surface area (Å²) in [5, 5.41) is 0. The fourth-order valence-electron chi connectivity index (χ4n) is 0. The van der Waals surface area contributed by atoms with E-state index < -0.39 is 0 Å². The maximum Gasteiger partial charge on any atom is 1.00 e. The molecule has 0 aromatic rings. The largest absolute Gasteiger partial charge is 1.00 e. The van der Waals surface area contributed by atoms with Crippen LogP contribution in [0, 0.1) is 0 Å². The van der Waals surface area contributed by atoms with E-state index in [1.165, 1.54) is 0 Å². The Morgan fingerprint density at radius 1 is 1.60 bits per heavy atom. The first-order valence-corrected chi connectivity index (χ1v) is 1.56. The zero-order chi connectivity index (χ0) is 3.41. The van der Waals surface area contributed by atoms with Crippen molar-refractivity contribution in [3.63, 3.8) is 0 Å². The van der Waals surface area contributed by atoms with Crippen molar-refractivity contribution in [1.82, 2.24) is 0 Å². The average Bonchev–Trinajstić information content (AvgIpc) is 1.37. The summed E-state index contributed by atoms with van der Waals surface area (Å²) in [6.45, 7) is 2.56. The van der Waals surface area contributed by atoms with Gasteiger partial charge in [0.15, 0.2) is 0 Å². The van der Waals surface area contributed by atoms with Gasteiger partial charge in [-0.3, -0.25) is 0 Å². The first-order chi connectivity index (χ1) is 1.91. The van der Waals surface area contributed by atoms with E-state index in [4.69, 9.17) is 5.73 Å². The molecule has 0 heterocycles. The molecule has 0 aliphatic rings. The summed E-state index contributed by atoms with van der Waals surface area (Å²) in [6, 6.07) is 0. The monoisotopic (exact) mass is 191 g/mol. The summed E-state index contributed by atoms with van der Waals surface area (Å²) < 4.78 is 0. The third-order valence-corrected chi connectivity index (χ3v) is 0.250. The molecule has 0 saturated heterocycles. The van der Waals surface area contributed by atoms with Crippen molar-refractivity contribution >= 4 is 0 Å². The molecule has 26 valence electrons. The molecular weight excluding hydrogens is 183 g/mol. The minimum Gasteiger partial charge on any atom is -0.677 e. The third kappa shape index (κ3) is 10.7. The molecule has 0 unspecified atom stereocenters. The van der Waals surface area contributed by atoms with Crippen LogP contribution in [0.1, 0.15) is 13.3 Å². The van der Waals surface area contributed by atoms with Gasteiger partial charge < -0.3 is 5.73 Å². The molecule has 0 amide bonds. The Labute approximate surface area is 92.1 Å². The molecule has 2 heteroatoms. The molecule has 0 spiro atoms. The first-order valence-electron chi connectivity index (χ1n) is 1.56. The molecule has 0 atom stereocenters. The predicted octanol–water partition coefficient (Wildman–Crippen LogP) is -1.55. The fraction of sp³-hybridized carbons (Fsp3) is 1.00. The zero-order valence-electron chi connectivity index (χ0n) is 3.91. The van der Waals surface area contributed by atoms with Gasteiger partial charge >= 0.3 is 68.9 Å². The quantitative estimate of drug-likeness (QED) is 0.479. The van der Waals surface area contributed by atoms with Crippen LogP contribution in [0.3, 0.4) is 0 Å². The molecule has 1 nitrogen and oxygen atoms in total. The van der Waals surface area contributed by atoms with E-state index >= 15 is 0 Å². The second-order valence-electron chi connectivity index (χ2n) is 0.750. The summed E-state index contributed by atoms with van der Waals surface area (Å²) in [5.41, 5.74) is 6.45. The molecule has 0 aliphatic carbocycles. The summed E-state index contributed by atoms with van der Waals surface area (Å²) in [6.07, 6.45) is 0.986. The van der Waals surface area contributed by atoms with Crippen LogP contribution in [0.4, 0.5) is 0 Å². The van der Waals surface area contributed by atoms with Crippen LogP contribution in [0.5, 0.6) is 0 Å². The SMILES string of the molecule is CCC[NH-].[Cs+]. The first kappa shape index (κ1) is 10.1. The molecular formula is C3H8CsN. The van der Waals surface area contributed by atoms with E-state index in [1.807, 2.05) is 6.92 Å². The van der Waals surface area contributed by atoms with Gasteiger partial charge in [-0.05, 0) is 0 Å². The minimum atomic E-state index is 0. The molecule has 0 aliphatic heterocycles. The Balaban J connectivity index is 0. The van der Waals surface area contributed by atoms with Crippen LogP contribution in [0.15, 0.2) is 0 Å². The van der Waals surface area contributed by atoms with Gasteiger partial charge in [0, 0.05) is 0 Å². The van der Waals surface area contributed by atoms with Gasteiger partial charge in [0.25, 0.3) is 0 Å². The van der Waals surface area contributed by atoms with Crippen molar-refractivity contribution in [2.24, 2.45) is 0 Å². The number of hydrogen-bond donors (Lipinski definition) is 0. The molecule has 1 N–H and O–H groups in total. The Morgan fingerprint density at radius 3 is 1.80 bits per heavy atom. The normalized spacial score (nSPS) is 6.00.